The van der Waals surface area contributed by atoms with Crippen molar-refractivity contribution in [2.75, 3.05) is 26.2 Å². The van der Waals surface area contributed by atoms with Gasteiger partial charge in [-0.2, -0.15) is 0 Å². The van der Waals surface area contributed by atoms with Gasteiger partial charge in [-0.25, -0.2) is 4.98 Å². The van der Waals surface area contributed by atoms with Gasteiger partial charge in [0.1, 0.15) is 0 Å². The molecule has 2 aromatic heterocycles. The van der Waals surface area contributed by atoms with Gasteiger partial charge in [0, 0.05) is 64.3 Å². The lowest BCUT2D eigenvalue weighted by atomic mass is 9.75. The van der Waals surface area contributed by atoms with Crippen molar-refractivity contribution in [1.29, 1.82) is 0 Å². The molecular weight excluding hydrogens is 338 g/mol. The average Bonchev–Trinajstić information content (AvgIpc) is 3.30. The normalized spacial score (nSPS) is 26.0. The number of hydrogen-bond acceptors (Lipinski definition) is 4. The highest BCUT2D eigenvalue weighted by atomic mass is 16.2. The number of carbonyl (C=O) groups excluding carboxylic acids is 1. The van der Waals surface area contributed by atoms with Crippen molar-refractivity contribution in [2.45, 2.75) is 32.7 Å². The maximum absolute atomic E-state index is 13.6. The van der Waals surface area contributed by atoms with Crippen molar-refractivity contribution in [3.63, 3.8) is 0 Å². The van der Waals surface area contributed by atoms with Crippen molar-refractivity contribution in [3.05, 3.63) is 48.3 Å². The Hall–Kier alpha value is -2.21. The van der Waals surface area contributed by atoms with E-state index in [-0.39, 0.29) is 17.2 Å². The largest absolute Gasteiger partial charge is 0.340 e. The predicted octanol–water partition coefficient (Wildman–Crippen LogP) is 2.29. The minimum atomic E-state index is -0.342. The summed E-state index contributed by atoms with van der Waals surface area (Å²) < 4.78 is 1.99. The third-order valence-corrected chi connectivity index (χ3v) is 5.96. The standard InChI is InChI=1S/C21H29N5O/c1-16(2)10-25-12-18(19-13-24(3)15-23-19)21(14-25)6-8-26(20(21)27)11-17-5-4-7-22-9-17/h4-5,7,9,13,15-16,18H,6,8,10-12,14H2,1-3H3/t18-,21+/m0/s1. The lowest BCUT2D eigenvalue weighted by Gasteiger charge is -2.28. The molecule has 27 heavy (non-hydrogen) atoms. The second-order valence-corrected chi connectivity index (χ2v) is 8.60. The molecule has 0 unspecified atom stereocenters. The number of pyridine rings is 1. The van der Waals surface area contributed by atoms with Crippen LogP contribution in [0.3, 0.4) is 0 Å². The van der Waals surface area contributed by atoms with E-state index < -0.39 is 0 Å². The van der Waals surface area contributed by atoms with E-state index in [0.717, 1.165) is 43.9 Å². The lowest BCUT2D eigenvalue weighted by molar-refractivity contribution is -0.136. The molecule has 2 aromatic rings. The van der Waals surface area contributed by atoms with Crippen LogP contribution in [0.25, 0.3) is 0 Å². The Bertz CT molecular complexity index is 802. The summed E-state index contributed by atoms with van der Waals surface area (Å²) in [5.74, 6) is 1.05. The quantitative estimate of drug-likeness (QED) is 0.814. The van der Waals surface area contributed by atoms with Crippen LogP contribution in [-0.2, 0) is 18.4 Å². The Morgan fingerprint density at radius 2 is 2.22 bits per heavy atom. The van der Waals surface area contributed by atoms with Crippen LogP contribution in [0.15, 0.2) is 37.1 Å². The molecule has 2 aliphatic heterocycles. The Balaban J connectivity index is 1.60. The molecule has 2 atom stereocenters. The molecule has 0 aliphatic carbocycles. The van der Waals surface area contributed by atoms with Crippen LogP contribution in [0.4, 0.5) is 0 Å². The van der Waals surface area contributed by atoms with E-state index in [0.29, 0.717) is 12.5 Å². The van der Waals surface area contributed by atoms with E-state index in [2.05, 4.69) is 34.9 Å². The zero-order chi connectivity index (χ0) is 19.0. The summed E-state index contributed by atoms with van der Waals surface area (Å²) in [5.41, 5.74) is 1.81. The van der Waals surface area contributed by atoms with Gasteiger partial charge in [0.05, 0.1) is 17.4 Å². The molecule has 2 aliphatic rings. The van der Waals surface area contributed by atoms with E-state index in [9.17, 15) is 4.79 Å². The van der Waals surface area contributed by atoms with E-state index >= 15 is 0 Å². The van der Waals surface area contributed by atoms with Crippen LogP contribution >= 0.6 is 0 Å². The SMILES string of the molecule is CC(C)CN1C[C@@H](c2cn(C)cn2)[C@@]2(CCN(Cc3cccnc3)C2=O)C1. The fraction of sp³-hybridized carbons (Fsp3) is 0.571. The van der Waals surface area contributed by atoms with E-state index in [1.54, 1.807) is 6.20 Å². The topological polar surface area (TPSA) is 54.3 Å². The summed E-state index contributed by atoms with van der Waals surface area (Å²) in [7, 11) is 2.00. The second kappa shape index (κ2) is 7.08. The second-order valence-electron chi connectivity index (χ2n) is 8.60. The van der Waals surface area contributed by atoms with E-state index in [1.807, 2.05) is 41.2 Å². The minimum absolute atomic E-state index is 0.170. The molecule has 2 fully saturated rings. The van der Waals surface area contributed by atoms with Crippen LogP contribution < -0.4 is 0 Å². The monoisotopic (exact) mass is 367 g/mol. The molecule has 4 rings (SSSR count). The number of hydrogen-bond donors (Lipinski definition) is 0. The molecule has 6 nitrogen and oxygen atoms in total. The number of likely N-dealkylation sites (tertiary alicyclic amines) is 2. The molecule has 0 aromatic carbocycles. The van der Waals surface area contributed by atoms with Crippen molar-refractivity contribution in [1.82, 2.24) is 24.3 Å². The highest BCUT2D eigenvalue weighted by molar-refractivity contribution is 5.86. The van der Waals surface area contributed by atoms with Crippen LogP contribution in [0.5, 0.6) is 0 Å². The predicted molar refractivity (Wildman–Crippen MR) is 104 cm³/mol. The first kappa shape index (κ1) is 18.2. The van der Waals surface area contributed by atoms with Crippen LogP contribution in [0.1, 0.15) is 37.4 Å². The number of aryl methyl sites for hydroxylation is 1. The third-order valence-electron chi connectivity index (χ3n) is 5.96. The van der Waals surface area contributed by atoms with Gasteiger partial charge < -0.3 is 14.4 Å². The average molecular weight is 367 g/mol. The van der Waals surface area contributed by atoms with Crippen molar-refractivity contribution < 1.29 is 4.79 Å². The number of amides is 1. The van der Waals surface area contributed by atoms with Crippen molar-refractivity contribution in [2.24, 2.45) is 18.4 Å². The number of aromatic nitrogens is 3. The maximum atomic E-state index is 13.6. The number of carbonyl (C=O) groups is 1. The third kappa shape index (κ3) is 3.38. The fourth-order valence-electron chi connectivity index (χ4n) is 4.84. The molecule has 4 heterocycles. The van der Waals surface area contributed by atoms with Gasteiger partial charge in [-0.1, -0.05) is 19.9 Å². The first-order chi connectivity index (χ1) is 13.0. The zero-order valence-electron chi connectivity index (χ0n) is 16.5. The minimum Gasteiger partial charge on any atom is -0.340 e. The molecule has 1 spiro atoms. The maximum Gasteiger partial charge on any atom is 0.231 e. The van der Waals surface area contributed by atoms with E-state index in [1.165, 1.54) is 0 Å². The lowest BCUT2D eigenvalue weighted by Crippen LogP contribution is -2.39. The van der Waals surface area contributed by atoms with Crippen LogP contribution in [0, 0.1) is 11.3 Å². The summed E-state index contributed by atoms with van der Waals surface area (Å²) in [6.07, 6.45) is 8.47. The van der Waals surface area contributed by atoms with Gasteiger partial charge in [0.25, 0.3) is 0 Å². The summed E-state index contributed by atoms with van der Waals surface area (Å²) in [4.78, 5) is 26.9. The highest BCUT2D eigenvalue weighted by Gasteiger charge is 2.57. The molecule has 6 heteroatoms. The number of nitrogens with zero attached hydrogens (tertiary/aromatic N) is 5. The van der Waals surface area contributed by atoms with Gasteiger partial charge in [0.15, 0.2) is 0 Å². The Morgan fingerprint density at radius 1 is 1.37 bits per heavy atom. The molecule has 0 saturated carbocycles. The summed E-state index contributed by atoms with van der Waals surface area (Å²) in [6, 6.07) is 3.98. The van der Waals surface area contributed by atoms with Crippen LogP contribution in [0.2, 0.25) is 0 Å². The van der Waals surface area contributed by atoms with E-state index in [4.69, 9.17) is 0 Å². The Labute approximate surface area is 161 Å². The molecule has 144 valence electrons. The van der Waals surface area contributed by atoms with Gasteiger partial charge in [-0.15, -0.1) is 0 Å². The molecule has 0 bridgehead atoms. The van der Waals surface area contributed by atoms with Gasteiger partial charge in [0.2, 0.25) is 5.91 Å². The summed E-state index contributed by atoms with van der Waals surface area (Å²) in [6.45, 7) is 8.73. The van der Waals surface area contributed by atoms with Crippen molar-refractivity contribution in [3.8, 4) is 0 Å². The molecular formula is C21H29N5O. The van der Waals surface area contributed by atoms with Crippen molar-refractivity contribution >= 4 is 5.91 Å². The van der Waals surface area contributed by atoms with Gasteiger partial charge in [-0.3, -0.25) is 9.78 Å². The molecule has 0 radical (unpaired) electrons. The molecule has 0 N–H and O–H groups in total. The summed E-state index contributed by atoms with van der Waals surface area (Å²) in [5, 5.41) is 0. The smallest absolute Gasteiger partial charge is 0.231 e. The van der Waals surface area contributed by atoms with Crippen LogP contribution in [-0.4, -0.2) is 56.4 Å². The Morgan fingerprint density at radius 3 is 2.89 bits per heavy atom. The number of rotatable bonds is 5. The molecule has 2 saturated heterocycles. The first-order valence-electron chi connectivity index (χ1n) is 9.86. The zero-order valence-corrected chi connectivity index (χ0v) is 16.5. The Kier molecular flexibility index (Phi) is 4.76. The summed E-state index contributed by atoms with van der Waals surface area (Å²) >= 11 is 0. The van der Waals surface area contributed by atoms with Gasteiger partial charge in [-0.05, 0) is 24.0 Å². The molecule has 1 amide bonds. The highest BCUT2D eigenvalue weighted by Crippen LogP contribution is 2.49. The van der Waals surface area contributed by atoms with Gasteiger partial charge >= 0.3 is 0 Å². The number of imidazole rings is 1. The fourth-order valence-corrected chi connectivity index (χ4v) is 4.84. The first-order valence-corrected chi connectivity index (χ1v) is 9.86.